The standard InChI is InChI=1S/C18H27FN4O2/c1-23(18(25)17-10-15(24)11-20-17)8-2-3-14-9-16(22-21-14)12-4-6-13(19)7-5-12/h4-7,14-17,20-22,24H,2-3,8-11H2,1H3. The van der Waals surface area contributed by atoms with Crippen LogP contribution in [0.15, 0.2) is 24.3 Å². The summed E-state index contributed by atoms with van der Waals surface area (Å²) in [4.78, 5) is 14.0. The number of hydrazine groups is 1. The van der Waals surface area contributed by atoms with Gasteiger partial charge in [-0.05, 0) is 43.4 Å². The van der Waals surface area contributed by atoms with Crippen LogP contribution in [0.3, 0.4) is 0 Å². The van der Waals surface area contributed by atoms with Crippen molar-refractivity contribution in [2.75, 3.05) is 20.1 Å². The van der Waals surface area contributed by atoms with Crippen molar-refractivity contribution < 1.29 is 14.3 Å². The fraction of sp³-hybridized carbons (Fsp3) is 0.611. The number of rotatable bonds is 6. The molecule has 0 radical (unpaired) electrons. The van der Waals surface area contributed by atoms with Crippen LogP contribution >= 0.6 is 0 Å². The summed E-state index contributed by atoms with van der Waals surface area (Å²) in [5.74, 6) is -0.165. The lowest BCUT2D eigenvalue weighted by molar-refractivity contribution is -0.132. The van der Waals surface area contributed by atoms with E-state index >= 15 is 0 Å². The summed E-state index contributed by atoms with van der Waals surface area (Å²) >= 11 is 0. The largest absolute Gasteiger partial charge is 0.392 e. The number of halogens is 1. The van der Waals surface area contributed by atoms with Gasteiger partial charge in [0.25, 0.3) is 0 Å². The van der Waals surface area contributed by atoms with E-state index in [1.165, 1.54) is 12.1 Å². The average Bonchev–Trinajstić information content (AvgIpc) is 3.24. The number of nitrogens with one attached hydrogen (secondary N) is 3. The van der Waals surface area contributed by atoms with Crippen LogP contribution in [0.1, 0.15) is 37.3 Å². The van der Waals surface area contributed by atoms with Gasteiger partial charge < -0.3 is 15.3 Å². The molecule has 2 saturated heterocycles. The van der Waals surface area contributed by atoms with Crippen molar-refractivity contribution >= 4 is 5.91 Å². The Balaban J connectivity index is 1.38. The molecule has 1 aromatic rings. The molecule has 2 heterocycles. The fourth-order valence-electron chi connectivity index (χ4n) is 3.58. The molecular weight excluding hydrogens is 323 g/mol. The van der Waals surface area contributed by atoms with Crippen molar-refractivity contribution in [2.45, 2.75) is 49.9 Å². The fourth-order valence-corrected chi connectivity index (χ4v) is 3.58. The summed E-state index contributed by atoms with van der Waals surface area (Å²) in [7, 11) is 1.82. The first-order chi connectivity index (χ1) is 12.0. The Labute approximate surface area is 147 Å². The zero-order chi connectivity index (χ0) is 17.8. The monoisotopic (exact) mass is 350 g/mol. The smallest absolute Gasteiger partial charge is 0.239 e. The second-order valence-corrected chi connectivity index (χ2v) is 7.08. The lowest BCUT2D eigenvalue weighted by Gasteiger charge is -2.21. The molecule has 2 aliphatic heterocycles. The van der Waals surface area contributed by atoms with Gasteiger partial charge in [-0.1, -0.05) is 12.1 Å². The van der Waals surface area contributed by atoms with Crippen LogP contribution in [0.25, 0.3) is 0 Å². The minimum Gasteiger partial charge on any atom is -0.392 e. The molecule has 7 heteroatoms. The third-order valence-electron chi connectivity index (χ3n) is 5.08. The van der Waals surface area contributed by atoms with E-state index in [0.29, 0.717) is 25.6 Å². The van der Waals surface area contributed by atoms with Crippen molar-refractivity contribution in [3.05, 3.63) is 35.6 Å². The number of aliphatic hydroxyl groups excluding tert-OH is 1. The van der Waals surface area contributed by atoms with E-state index in [9.17, 15) is 14.3 Å². The topological polar surface area (TPSA) is 76.6 Å². The van der Waals surface area contributed by atoms with E-state index in [1.807, 2.05) is 19.2 Å². The first-order valence-electron chi connectivity index (χ1n) is 8.96. The molecule has 1 aromatic carbocycles. The van der Waals surface area contributed by atoms with Gasteiger partial charge in [0.15, 0.2) is 0 Å². The van der Waals surface area contributed by atoms with Crippen LogP contribution in [-0.4, -0.2) is 54.2 Å². The van der Waals surface area contributed by atoms with Crippen LogP contribution in [0.4, 0.5) is 4.39 Å². The second kappa shape index (κ2) is 8.23. The highest BCUT2D eigenvalue weighted by molar-refractivity contribution is 5.82. The normalized spacial score (nSPS) is 29.1. The van der Waals surface area contributed by atoms with Crippen molar-refractivity contribution in [1.29, 1.82) is 0 Å². The molecule has 0 spiro atoms. The quantitative estimate of drug-likeness (QED) is 0.608. The van der Waals surface area contributed by atoms with Crippen molar-refractivity contribution in [2.24, 2.45) is 0 Å². The first kappa shape index (κ1) is 18.3. The summed E-state index contributed by atoms with van der Waals surface area (Å²) in [6.07, 6.45) is 2.89. The number of likely N-dealkylation sites (N-methyl/N-ethyl adjacent to an activating group) is 1. The Morgan fingerprint density at radius 2 is 2.04 bits per heavy atom. The molecule has 0 aliphatic carbocycles. The molecule has 1 amide bonds. The van der Waals surface area contributed by atoms with Crippen LogP contribution in [0.5, 0.6) is 0 Å². The molecule has 2 fully saturated rings. The number of hydrogen-bond acceptors (Lipinski definition) is 5. The molecule has 2 aliphatic rings. The van der Waals surface area contributed by atoms with E-state index in [1.54, 1.807) is 4.90 Å². The number of aliphatic hydroxyl groups is 1. The van der Waals surface area contributed by atoms with Crippen LogP contribution in [0.2, 0.25) is 0 Å². The molecular formula is C18H27FN4O2. The zero-order valence-corrected chi connectivity index (χ0v) is 14.5. The molecule has 4 unspecified atom stereocenters. The van der Waals surface area contributed by atoms with Crippen LogP contribution in [0, 0.1) is 5.82 Å². The van der Waals surface area contributed by atoms with E-state index in [-0.39, 0.29) is 23.8 Å². The number of benzene rings is 1. The average molecular weight is 350 g/mol. The van der Waals surface area contributed by atoms with Gasteiger partial charge in [-0.3, -0.25) is 15.6 Å². The highest BCUT2D eigenvalue weighted by Gasteiger charge is 2.30. The minimum atomic E-state index is -0.417. The minimum absolute atomic E-state index is 0.0539. The van der Waals surface area contributed by atoms with Gasteiger partial charge in [0, 0.05) is 32.2 Å². The Kier molecular flexibility index (Phi) is 6.01. The maximum absolute atomic E-state index is 13.0. The molecule has 0 saturated carbocycles. The lowest BCUT2D eigenvalue weighted by Crippen LogP contribution is -2.42. The third kappa shape index (κ3) is 4.76. The van der Waals surface area contributed by atoms with Gasteiger partial charge in [-0.25, -0.2) is 4.39 Å². The number of β-amino-alcohol motifs (C(OH)–C–C–N with tert-alkyl or cyclic N) is 1. The zero-order valence-electron chi connectivity index (χ0n) is 14.5. The number of hydrogen-bond donors (Lipinski definition) is 4. The molecule has 4 N–H and O–H groups in total. The van der Waals surface area contributed by atoms with Gasteiger partial charge in [0.05, 0.1) is 12.1 Å². The summed E-state index contributed by atoms with van der Waals surface area (Å²) in [5.41, 5.74) is 7.63. The van der Waals surface area contributed by atoms with Crippen LogP contribution < -0.4 is 16.2 Å². The Bertz CT molecular complexity index is 583. The highest BCUT2D eigenvalue weighted by Crippen LogP contribution is 2.24. The first-order valence-corrected chi connectivity index (χ1v) is 8.96. The molecule has 0 aromatic heterocycles. The lowest BCUT2D eigenvalue weighted by atomic mass is 9.99. The van der Waals surface area contributed by atoms with E-state index in [2.05, 4.69) is 16.2 Å². The number of amides is 1. The molecule has 25 heavy (non-hydrogen) atoms. The van der Waals surface area contributed by atoms with E-state index < -0.39 is 6.10 Å². The molecule has 6 nitrogen and oxygen atoms in total. The number of carbonyl (C=O) groups is 1. The van der Waals surface area contributed by atoms with E-state index in [0.717, 1.165) is 24.8 Å². The Morgan fingerprint density at radius 3 is 2.72 bits per heavy atom. The van der Waals surface area contributed by atoms with Crippen molar-refractivity contribution in [3.63, 3.8) is 0 Å². The number of nitrogens with zero attached hydrogens (tertiary/aromatic N) is 1. The number of carbonyl (C=O) groups excluding carboxylic acids is 1. The van der Waals surface area contributed by atoms with Gasteiger partial charge >= 0.3 is 0 Å². The second-order valence-electron chi connectivity index (χ2n) is 7.08. The molecule has 4 atom stereocenters. The SMILES string of the molecule is CN(CCCC1CC(c2ccc(F)cc2)NN1)C(=O)C1CC(O)CN1. The summed E-state index contributed by atoms with van der Waals surface area (Å²) in [6.45, 7) is 1.19. The van der Waals surface area contributed by atoms with Gasteiger partial charge in [0.1, 0.15) is 5.82 Å². The Morgan fingerprint density at radius 1 is 1.28 bits per heavy atom. The summed E-state index contributed by atoms with van der Waals surface area (Å²) in [6, 6.07) is 6.87. The summed E-state index contributed by atoms with van der Waals surface area (Å²) in [5, 5.41) is 12.6. The molecule has 138 valence electrons. The van der Waals surface area contributed by atoms with E-state index in [4.69, 9.17) is 0 Å². The van der Waals surface area contributed by atoms with Crippen molar-refractivity contribution in [1.82, 2.24) is 21.1 Å². The van der Waals surface area contributed by atoms with Gasteiger partial charge in [-0.15, -0.1) is 0 Å². The highest BCUT2D eigenvalue weighted by atomic mass is 19.1. The Hall–Kier alpha value is -1.54. The maximum Gasteiger partial charge on any atom is 0.239 e. The predicted molar refractivity (Wildman–Crippen MR) is 93.1 cm³/mol. The molecule has 0 bridgehead atoms. The van der Waals surface area contributed by atoms with Gasteiger partial charge in [0.2, 0.25) is 5.91 Å². The summed E-state index contributed by atoms with van der Waals surface area (Å²) < 4.78 is 13.0. The van der Waals surface area contributed by atoms with Gasteiger partial charge in [-0.2, -0.15) is 0 Å². The maximum atomic E-state index is 13.0. The molecule has 3 rings (SSSR count). The predicted octanol–water partition coefficient (Wildman–Crippen LogP) is 0.695. The third-order valence-corrected chi connectivity index (χ3v) is 5.08. The van der Waals surface area contributed by atoms with Crippen molar-refractivity contribution in [3.8, 4) is 0 Å². The van der Waals surface area contributed by atoms with Crippen LogP contribution in [-0.2, 0) is 4.79 Å².